The molecule has 0 saturated heterocycles. The maximum Gasteiger partial charge on any atom is 0.304 e. The van der Waals surface area contributed by atoms with E-state index < -0.39 is 5.97 Å². The summed E-state index contributed by atoms with van der Waals surface area (Å²) >= 11 is 0. The van der Waals surface area contributed by atoms with Gasteiger partial charge in [-0.3, -0.25) is 9.69 Å². The zero-order valence-corrected chi connectivity index (χ0v) is 13.2. The number of hydrogen-bond donors (Lipinski definition) is 1. The van der Waals surface area contributed by atoms with Crippen LogP contribution in [0.1, 0.15) is 38.2 Å². The van der Waals surface area contributed by atoms with Crippen LogP contribution in [0.25, 0.3) is 0 Å². The third-order valence-electron chi connectivity index (χ3n) is 3.39. The molecule has 21 heavy (non-hydrogen) atoms. The lowest BCUT2D eigenvalue weighted by molar-refractivity contribution is -0.137. The fourth-order valence-corrected chi connectivity index (χ4v) is 2.17. The van der Waals surface area contributed by atoms with Crippen LogP contribution in [0.5, 0.6) is 5.75 Å². The van der Waals surface area contributed by atoms with Crippen molar-refractivity contribution in [2.75, 3.05) is 26.2 Å². The Bertz CT molecular complexity index is 420. The molecule has 0 fully saturated rings. The van der Waals surface area contributed by atoms with Crippen molar-refractivity contribution in [1.82, 2.24) is 4.90 Å². The average molecular weight is 293 g/mol. The highest BCUT2D eigenvalue weighted by Crippen LogP contribution is 2.12. The summed E-state index contributed by atoms with van der Waals surface area (Å²) in [6.45, 7) is 7.11. The smallest absolute Gasteiger partial charge is 0.304 e. The average Bonchev–Trinajstić information content (AvgIpc) is 2.44. The van der Waals surface area contributed by atoms with Crippen molar-refractivity contribution >= 4 is 5.97 Å². The van der Waals surface area contributed by atoms with Gasteiger partial charge in [0.05, 0.1) is 6.42 Å². The third-order valence-corrected chi connectivity index (χ3v) is 3.39. The first-order valence-electron chi connectivity index (χ1n) is 7.75. The molecule has 1 N–H and O–H groups in total. The van der Waals surface area contributed by atoms with E-state index in [0.717, 1.165) is 25.3 Å². The fourth-order valence-electron chi connectivity index (χ4n) is 2.17. The van der Waals surface area contributed by atoms with Crippen molar-refractivity contribution in [3.8, 4) is 5.75 Å². The molecule has 4 nitrogen and oxygen atoms in total. The Balaban J connectivity index is 2.34. The molecule has 0 bridgehead atoms. The van der Waals surface area contributed by atoms with Crippen molar-refractivity contribution in [2.24, 2.45) is 0 Å². The van der Waals surface area contributed by atoms with E-state index in [1.165, 1.54) is 18.4 Å². The van der Waals surface area contributed by atoms with Gasteiger partial charge < -0.3 is 9.84 Å². The molecule has 0 saturated carbocycles. The second-order valence-electron chi connectivity index (χ2n) is 5.36. The van der Waals surface area contributed by atoms with Crippen molar-refractivity contribution in [3.63, 3.8) is 0 Å². The van der Waals surface area contributed by atoms with Gasteiger partial charge in [0.2, 0.25) is 0 Å². The Labute approximate surface area is 127 Å². The summed E-state index contributed by atoms with van der Waals surface area (Å²) in [6.07, 6.45) is 3.66. The van der Waals surface area contributed by atoms with Gasteiger partial charge in [0, 0.05) is 13.1 Å². The van der Waals surface area contributed by atoms with Gasteiger partial charge in [-0.1, -0.05) is 31.9 Å². The van der Waals surface area contributed by atoms with E-state index in [1.54, 1.807) is 0 Å². The Hall–Kier alpha value is -1.55. The molecule has 0 atom stereocenters. The maximum absolute atomic E-state index is 10.7. The molecule has 118 valence electrons. The van der Waals surface area contributed by atoms with Crippen LogP contribution in [0, 0.1) is 6.92 Å². The SMILES string of the molecule is CCCCCN(CCOc1cccc(C)c1)CCC(=O)O. The molecular weight excluding hydrogens is 266 g/mol. The number of aliphatic carboxylic acids is 1. The summed E-state index contributed by atoms with van der Waals surface area (Å²) < 4.78 is 5.74. The minimum absolute atomic E-state index is 0.191. The van der Waals surface area contributed by atoms with Crippen LogP contribution in [-0.4, -0.2) is 42.2 Å². The minimum Gasteiger partial charge on any atom is -0.492 e. The zero-order valence-electron chi connectivity index (χ0n) is 13.2. The van der Waals surface area contributed by atoms with Gasteiger partial charge in [-0.05, 0) is 37.6 Å². The molecular formula is C17H27NO3. The van der Waals surface area contributed by atoms with E-state index in [1.807, 2.05) is 31.2 Å². The summed E-state index contributed by atoms with van der Waals surface area (Å²) in [4.78, 5) is 12.9. The summed E-state index contributed by atoms with van der Waals surface area (Å²) in [7, 11) is 0. The van der Waals surface area contributed by atoms with Gasteiger partial charge >= 0.3 is 5.97 Å². The normalized spacial score (nSPS) is 10.8. The van der Waals surface area contributed by atoms with Gasteiger partial charge in [0.15, 0.2) is 0 Å². The number of hydrogen-bond acceptors (Lipinski definition) is 3. The van der Waals surface area contributed by atoms with Gasteiger partial charge in [-0.25, -0.2) is 0 Å². The first-order valence-corrected chi connectivity index (χ1v) is 7.75. The van der Waals surface area contributed by atoms with Crippen LogP contribution < -0.4 is 4.74 Å². The van der Waals surface area contributed by atoms with E-state index in [2.05, 4.69) is 11.8 Å². The molecule has 0 aliphatic rings. The van der Waals surface area contributed by atoms with Crippen LogP contribution in [0.4, 0.5) is 0 Å². The number of ether oxygens (including phenoxy) is 1. The van der Waals surface area contributed by atoms with Gasteiger partial charge in [0.1, 0.15) is 12.4 Å². The number of aryl methyl sites for hydroxylation is 1. The topological polar surface area (TPSA) is 49.8 Å². The van der Waals surface area contributed by atoms with Crippen molar-refractivity contribution in [3.05, 3.63) is 29.8 Å². The quantitative estimate of drug-likeness (QED) is 0.636. The van der Waals surface area contributed by atoms with Crippen molar-refractivity contribution in [2.45, 2.75) is 39.5 Å². The highest BCUT2D eigenvalue weighted by Gasteiger charge is 2.07. The van der Waals surface area contributed by atoms with Gasteiger partial charge in [0.25, 0.3) is 0 Å². The fraction of sp³-hybridized carbons (Fsp3) is 0.588. The van der Waals surface area contributed by atoms with Gasteiger partial charge in [-0.2, -0.15) is 0 Å². The number of nitrogens with zero attached hydrogens (tertiary/aromatic N) is 1. The molecule has 0 aromatic heterocycles. The minimum atomic E-state index is -0.741. The largest absolute Gasteiger partial charge is 0.492 e. The Morgan fingerprint density at radius 2 is 2.05 bits per heavy atom. The monoisotopic (exact) mass is 293 g/mol. The molecule has 0 aliphatic carbocycles. The van der Waals surface area contributed by atoms with Crippen LogP contribution >= 0.6 is 0 Å². The van der Waals surface area contributed by atoms with Crippen LogP contribution in [0.15, 0.2) is 24.3 Å². The van der Waals surface area contributed by atoms with Crippen LogP contribution in [-0.2, 0) is 4.79 Å². The first-order chi connectivity index (χ1) is 10.1. The molecule has 1 rings (SSSR count). The van der Waals surface area contributed by atoms with E-state index in [-0.39, 0.29) is 6.42 Å². The van der Waals surface area contributed by atoms with Crippen LogP contribution in [0.2, 0.25) is 0 Å². The first kappa shape index (κ1) is 17.5. The molecule has 0 radical (unpaired) electrons. The summed E-state index contributed by atoms with van der Waals surface area (Å²) in [5, 5.41) is 8.81. The molecule has 4 heteroatoms. The summed E-state index contributed by atoms with van der Waals surface area (Å²) in [6, 6.07) is 7.98. The maximum atomic E-state index is 10.7. The Kier molecular flexibility index (Phi) is 8.51. The third kappa shape index (κ3) is 8.35. The standard InChI is InChI=1S/C17H27NO3/c1-3-4-5-10-18(11-9-17(19)20)12-13-21-16-8-6-7-15(2)14-16/h6-8,14H,3-5,9-13H2,1-2H3,(H,19,20). The van der Waals surface area contributed by atoms with E-state index in [9.17, 15) is 4.79 Å². The molecule has 0 amide bonds. The number of rotatable bonds is 11. The number of unbranched alkanes of at least 4 members (excludes halogenated alkanes) is 2. The van der Waals surface area contributed by atoms with Crippen LogP contribution in [0.3, 0.4) is 0 Å². The van der Waals surface area contributed by atoms with E-state index >= 15 is 0 Å². The predicted octanol–water partition coefficient (Wildman–Crippen LogP) is 3.34. The lowest BCUT2D eigenvalue weighted by atomic mass is 10.2. The molecule has 1 aromatic rings. The zero-order chi connectivity index (χ0) is 15.5. The number of carbonyl (C=O) groups is 1. The number of benzene rings is 1. The van der Waals surface area contributed by atoms with E-state index in [4.69, 9.17) is 9.84 Å². The Morgan fingerprint density at radius 1 is 1.24 bits per heavy atom. The second-order valence-corrected chi connectivity index (χ2v) is 5.36. The summed E-state index contributed by atoms with van der Waals surface area (Å²) in [5.74, 6) is 0.136. The van der Waals surface area contributed by atoms with Gasteiger partial charge in [-0.15, -0.1) is 0 Å². The molecule has 0 unspecified atom stereocenters. The number of carboxylic acid groups (broad SMARTS) is 1. The van der Waals surface area contributed by atoms with E-state index in [0.29, 0.717) is 13.2 Å². The highest BCUT2D eigenvalue weighted by atomic mass is 16.5. The lowest BCUT2D eigenvalue weighted by Gasteiger charge is -2.21. The Morgan fingerprint density at radius 3 is 2.71 bits per heavy atom. The van der Waals surface area contributed by atoms with Crippen molar-refractivity contribution in [1.29, 1.82) is 0 Å². The lowest BCUT2D eigenvalue weighted by Crippen LogP contribution is -2.31. The predicted molar refractivity (Wildman–Crippen MR) is 84.9 cm³/mol. The summed E-state index contributed by atoms with van der Waals surface area (Å²) in [5.41, 5.74) is 1.18. The molecule has 0 heterocycles. The second kappa shape index (κ2) is 10.2. The highest BCUT2D eigenvalue weighted by molar-refractivity contribution is 5.66. The number of carboxylic acids is 1. The van der Waals surface area contributed by atoms with Crippen molar-refractivity contribution < 1.29 is 14.6 Å². The molecule has 0 aliphatic heterocycles. The molecule has 0 spiro atoms. The molecule has 1 aromatic carbocycles.